The summed E-state index contributed by atoms with van der Waals surface area (Å²) in [4.78, 5) is 0. The maximum Gasteiger partial charge on any atom is 0.0815 e. The van der Waals surface area contributed by atoms with Crippen molar-refractivity contribution in [1.82, 2.24) is 0 Å². The molecule has 4 heteroatoms. The standard InChI is InChI=1S/C18H39O3P/c1-7-13-16(19-10-4)22(17(14-8-2)20-11-5)18(15-9-3)21-12-6/h16-18H,7-15H2,1-6H3. The molecule has 3 nitrogen and oxygen atoms in total. The fraction of sp³-hybridized carbons (Fsp3) is 1.00. The molecule has 0 fully saturated rings. The molecule has 0 aromatic heterocycles. The van der Waals surface area contributed by atoms with E-state index in [1.165, 1.54) is 0 Å². The fourth-order valence-corrected chi connectivity index (χ4v) is 6.58. The summed E-state index contributed by atoms with van der Waals surface area (Å²) in [5, 5.41) is 0. The Balaban J connectivity index is 5.34. The van der Waals surface area contributed by atoms with Gasteiger partial charge in [0.2, 0.25) is 0 Å². The van der Waals surface area contributed by atoms with Crippen LogP contribution in [0.25, 0.3) is 0 Å². The first-order chi connectivity index (χ1) is 10.7. The first kappa shape index (κ1) is 22.3. The van der Waals surface area contributed by atoms with Gasteiger partial charge in [0.25, 0.3) is 0 Å². The lowest BCUT2D eigenvalue weighted by Gasteiger charge is -2.39. The van der Waals surface area contributed by atoms with Gasteiger partial charge < -0.3 is 14.2 Å². The molecule has 3 atom stereocenters. The molecule has 0 rings (SSSR count). The molecule has 0 aromatic carbocycles. The van der Waals surface area contributed by atoms with Gasteiger partial charge in [-0.05, 0) is 48.0 Å². The van der Waals surface area contributed by atoms with Gasteiger partial charge in [-0.3, -0.25) is 0 Å². The van der Waals surface area contributed by atoms with Crippen LogP contribution in [-0.2, 0) is 14.2 Å². The SMILES string of the molecule is CCCC(OCC)P(C(CCC)OCC)C(CCC)OCC. The van der Waals surface area contributed by atoms with E-state index >= 15 is 0 Å². The summed E-state index contributed by atoms with van der Waals surface area (Å²) in [5.41, 5.74) is 0. The molecule has 0 amide bonds. The zero-order valence-corrected chi connectivity index (χ0v) is 16.7. The third-order valence-electron chi connectivity index (χ3n) is 3.68. The molecule has 0 aliphatic rings. The average molecular weight is 334 g/mol. The van der Waals surface area contributed by atoms with Crippen LogP contribution in [0.4, 0.5) is 0 Å². The van der Waals surface area contributed by atoms with Crippen LogP contribution in [0.1, 0.15) is 80.1 Å². The van der Waals surface area contributed by atoms with E-state index in [2.05, 4.69) is 41.5 Å². The van der Waals surface area contributed by atoms with Gasteiger partial charge in [0, 0.05) is 19.8 Å². The van der Waals surface area contributed by atoms with Crippen molar-refractivity contribution in [1.29, 1.82) is 0 Å². The molecule has 3 unspecified atom stereocenters. The summed E-state index contributed by atoms with van der Waals surface area (Å²) in [6, 6.07) is 0. The Morgan fingerprint density at radius 3 is 1.00 bits per heavy atom. The quantitative estimate of drug-likeness (QED) is 0.346. The van der Waals surface area contributed by atoms with E-state index in [1.54, 1.807) is 0 Å². The van der Waals surface area contributed by atoms with Crippen molar-refractivity contribution in [3.63, 3.8) is 0 Å². The predicted octanol–water partition coefficient (Wildman–Crippen LogP) is 5.96. The Labute approximate surface area is 140 Å². The molecule has 0 saturated carbocycles. The molecule has 0 aliphatic carbocycles. The summed E-state index contributed by atoms with van der Waals surface area (Å²) >= 11 is 0. The number of hydrogen-bond donors (Lipinski definition) is 0. The van der Waals surface area contributed by atoms with Crippen LogP contribution in [0.5, 0.6) is 0 Å². The molecule has 22 heavy (non-hydrogen) atoms. The Hall–Kier alpha value is 0.310. The Morgan fingerprint density at radius 1 is 0.545 bits per heavy atom. The van der Waals surface area contributed by atoms with Crippen molar-refractivity contribution in [2.75, 3.05) is 19.8 Å². The van der Waals surface area contributed by atoms with Gasteiger partial charge in [-0.15, -0.1) is 0 Å². The fourth-order valence-electron chi connectivity index (χ4n) is 2.83. The van der Waals surface area contributed by atoms with Gasteiger partial charge >= 0.3 is 0 Å². The van der Waals surface area contributed by atoms with E-state index in [9.17, 15) is 0 Å². The molecule has 134 valence electrons. The average Bonchev–Trinajstić information content (AvgIpc) is 2.49. The van der Waals surface area contributed by atoms with Gasteiger partial charge in [0.1, 0.15) is 0 Å². The molecular weight excluding hydrogens is 295 g/mol. The van der Waals surface area contributed by atoms with Crippen LogP contribution < -0.4 is 0 Å². The van der Waals surface area contributed by atoms with E-state index in [0.29, 0.717) is 17.5 Å². The van der Waals surface area contributed by atoms with Crippen LogP contribution in [0, 0.1) is 0 Å². The minimum atomic E-state index is -0.453. The highest BCUT2D eigenvalue weighted by Crippen LogP contribution is 2.56. The topological polar surface area (TPSA) is 27.7 Å². The highest BCUT2D eigenvalue weighted by molar-refractivity contribution is 7.59. The zero-order valence-electron chi connectivity index (χ0n) is 15.8. The van der Waals surface area contributed by atoms with E-state index in [0.717, 1.165) is 58.3 Å². The molecule has 0 bridgehead atoms. The highest BCUT2D eigenvalue weighted by Gasteiger charge is 2.36. The van der Waals surface area contributed by atoms with Crippen molar-refractivity contribution in [2.45, 2.75) is 97.6 Å². The number of hydrogen-bond acceptors (Lipinski definition) is 3. The summed E-state index contributed by atoms with van der Waals surface area (Å²) in [6.45, 7) is 15.3. The molecule has 0 aliphatic heterocycles. The Morgan fingerprint density at radius 2 is 0.818 bits per heavy atom. The molecule has 0 aromatic rings. The van der Waals surface area contributed by atoms with Gasteiger partial charge in [-0.25, -0.2) is 0 Å². The summed E-state index contributed by atoms with van der Waals surface area (Å²) in [7, 11) is -0.453. The van der Waals surface area contributed by atoms with Crippen molar-refractivity contribution >= 4 is 7.92 Å². The smallest absolute Gasteiger partial charge is 0.0815 e. The van der Waals surface area contributed by atoms with Crippen LogP contribution in [-0.4, -0.2) is 37.4 Å². The molecule has 0 spiro atoms. The summed E-state index contributed by atoms with van der Waals surface area (Å²) in [6.07, 6.45) is 6.79. The van der Waals surface area contributed by atoms with Crippen LogP contribution >= 0.6 is 7.92 Å². The van der Waals surface area contributed by atoms with E-state index in [1.807, 2.05) is 0 Å². The van der Waals surface area contributed by atoms with E-state index < -0.39 is 7.92 Å². The van der Waals surface area contributed by atoms with Crippen molar-refractivity contribution in [2.24, 2.45) is 0 Å². The van der Waals surface area contributed by atoms with Crippen LogP contribution in [0.2, 0.25) is 0 Å². The monoisotopic (exact) mass is 334 g/mol. The second kappa shape index (κ2) is 14.9. The minimum absolute atomic E-state index is 0.302. The van der Waals surface area contributed by atoms with Crippen molar-refractivity contribution in [3.8, 4) is 0 Å². The molecular formula is C18H39O3P. The molecule has 0 N–H and O–H groups in total. The number of rotatable bonds is 15. The van der Waals surface area contributed by atoms with Gasteiger partial charge in [0.05, 0.1) is 17.5 Å². The van der Waals surface area contributed by atoms with Crippen LogP contribution in [0.15, 0.2) is 0 Å². The summed E-state index contributed by atoms with van der Waals surface area (Å²) in [5.74, 6) is 0.906. The molecule has 0 heterocycles. The lowest BCUT2D eigenvalue weighted by molar-refractivity contribution is 0.0647. The zero-order chi connectivity index (χ0) is 16.8. The van der Waals surface area contributed by atoms with E-state index in [-0.39, 0.29) is 0 Å². The van der Waals surface area contributed by atoms with E-state index in [4.69, 9.17) is 14.2 Å². The normalized spacial score (nSPS) is 17.2. The largest absolute Gasteiger partial charge is 0.374 e. The third-order valence-corrected chi connectivity index (χ3v) is 6.90. The first-order valence-electron chi connectivity index (χ1n) is 9.32. The lowest BCUT2D eigenvalue weighted by Crippen LogP contribution is -2.29. The highest BCUT2D eigenvalue weighted by atomic mass is 31.1. The maximum atomic E-state index is 6.16. The lowest BCUT2D eigenvalue weighted by atomic mass is 10.3. The Kier molecular flexibility index (Phi) is 15.1. The second-order valence-electron chi connectivity index (χ2n) is 5.54. The van der Waals surface area contributed by atoms with Gasteiger partial charge in [0.15, 0.2) is 0 Å². The summed E-state index contributed by atoms with van der Waals surface area (Å²) < 4.78 is 18.5. The van der Waals surface area contributed by atoms with Crippen LogP contribution in [0.3, 0.4) is 0 Å². The minimum Gasteiger partial charge on any atom is -0.374 e. The second-order valence-corrected chi connectivity index (χ2v) is 8.17. The maximum absolute atomic E-state index is 6.16. The van der Waals surface area contributed by atoms with Crippen molar-refractivity contribution in [3.05, 3.63) is 0 Å². The molecule has 0 radical (unpaired) electrons. The predicted molar refractivity (Wildman–Crippen MR) is 97.9 cm³/mol. The third kappa shape index (κ3) is 8.24. The number of ether oxygens (including phenoxy) is 3. The van der Waals surface area contributed by atoms with Gasteiger partial charge in [-0.2, -0.15) is 0 Å². The molecule has 0 saturated heterocycles. The van der Waals surface area contributed by atoms with Gasteiger partial charge in [-0.1, -0.05) is 40.0 Å². The first-order valence-corrected chi connectivity index (χ1v) is 10.9. The Bertz CT molecular complexity index is 182. The van der Waals surface area contributed by atoms with Crippen molar-refractivity contribution < 1.29 is 14.2 Å².